The van der Waals surface area contributed by atoms with Crippen LogP contribution < -0.4 is 0 Å². The largest absolute Gasteiger partial charge is 0.290 e. The summed E-state index contributed by atoms with van der Waals surface area (Å²) in [5, 5.41) is 10.6. The molecule has 1 aromatic rings. The summed E-state index contributed by atoms with van der Waals surface area (Å²) in [6.45, 7) is 5.90. The molecule has 2 atom stereocenters. The first kappa shape index (κ1) is 13.1. The Morgan fingerprint density at radius 1 is 1.62 bits per heavy atom. The molecule has 0 aliphatic heterocycles. The Kier molecular flexibility index (Phi) is 4.41. The second kappa shape index (κ2) is 5.39. The SMILES string of the molecule is CCC(Br)C(C)c1cc(C)c([N+](=O)[O-])cn1. The second-order valence-corrected chi connectivity index (χ2v) is 5.04. The fourth-order valence-electron chi connectivity index (χ4n) is 1.55. The molecule has 0 fully saturated rings. The molecule has 2 unspecified atom stereocenters. The van der Waals surface area contributed by atoms with Crippen molar-refractivity contribution in [1.29, 1.82) is 0 Å². The van der Waals surface area contributed by atoms with E-state index in [1.54, 1.807) is 13.0 Å². The fraction of sp³-hybridized carbons (Fsp3) is 0.545. The molecule has 0 radical (unpaired) electrons. The van der Waals surface area contributed by atoms with E-state index in [9.17, 15) is 10.1 Å². The normalized spacial score (nSPS) is 14.5. The minimum absolute atomic E-state index is 0.0820. The second-order valence-electron chi connectivity index (χ2n) is 3.87. The summed E-state index contributed by atoms with van der Waals surface area (Å²) in [7, 11) is 0. The van der Waals surface area contributed by atoms with Crippen LogP contribution in [0.3, 0.4) is 0 Å². The van der Waals surface area contributed by atoms with Crippen LogP contribution >= 0.6 is 15.9 Å². The first-order valence-corrected chi connectivity index (χ1v) is 6.14. The van der Waals surface area contributed by atoms with E-state index >= 15 is 0 Å². The molecular formula is C11H15BrN2O2. The zero-order valence-corrected chi connectivity index (χ0v) is 11.2. The van der Waals surface area contributed by atoms with Crippen LogP contribution in [-0.2, 0) is 0 Å². The molecule has 0 spiro atoms. The third-order valence-corrected chi connectivity index (χ3v) is 4.14. The number of aryl methyl sites for hydroxylation is 1. The fourth-order valence-corrected chi connectivity index (χ4v) is 1.82. The molecule has 0 N–H and O–H groups in total. The van der Waals surface area contributed by atoms with Gasteiger partial charge in [-0.25, -0.2) is 0 Å². The molecule has 4 nitrogen and oxygen atoms in total. The number of halogens is 1. The highest BCUT2D eigenvalue weighted by Crippen LogP contribution is 2.27. The number of rotatable bonds is 4. The van der Waals surface area contributed by atoms with Gasteiger partial charge in [0.05, 0.1) is 4.92 Å². The topological polar surface area (TPSA) is 56.0 Å². The Morgan fingerprint density at radius 3 is 2.69 bits per heavy atom. The highest BCUT2D eigenvalue weighted by atomic mass is 79.9. The summed E-state index contributed by atoms with van der Waals surface area (Å²) in [6.07, 6.45) is 2.34. The third kappa shape index (κ3) is 2.78. The van der Waals surface area contributed by atoms with Crippen LogP contribution in [0.5, 0.6) is 0 Å². The monoisotopic (exact) mass is 286 g/mol. The van der Waals surface area contributed by atoms with Gasteiger partial charge in [-0.2, -0.15) is 0 Å². The molecule has 0 saturated heterocycles. The maximum Gasteiger partial charge on any atom is 0.290 e. The molecule has 0 saturated carbocycles. The van der Waals surface area contributed by atoms with E-state index in [2.05, 4.69) is 34.8 Å². The summed E-state index contributed by atoms with van der Waals surface area (Å²) in [6, 6.07) is 1.80. The van der Waals surface area contributed by atoms with Crippen LogP contribution in [0, 0.1) is 17.0 Å². The van der Waals surface area contributed by atoms with Crippen molar-refractivity contribution in [3.8, 4) is 0 Å². The maximum atomic E-state index is 10.6. The number of pyridine rings is 1. The molecule has 0 aromatic carbocycles. The first-order valence-electron chi connectivity index (χ1n) is 5.22. The van der Waals surface area contributed by atoms with Gasteiger partial charge < -0.3 is 0 Å². The predicted molar refractivity (Wildman–Crippen MR) is 67.0 cm³/mol. The van der Waals surface area contributed by atoms with Gasteiger partial charge in [-0.1, -0.05) is 29.8 Å². The lowest BCUT2D eigenvalue weighted by molar-refractivity contribution is -0.385. The number of aromatic nitrogens is 1. The zero-order valence-electron chi connectivity index (χ0n) is 9.61. The Labute approximate surface area is 103 Å². The smallest absolute Gasteiger partial charge is 0.258 e. The van der Waals surface area contributed by atoms with E-state index in [-0.39, 0.29) is 11.6 Å². The van der Waals surface area contributed by atoms with Gasteiger partial charge in [-0.05, 0) is 19.4 Å². The van der Waals surface area contributed by atoms with Crippen molar-refractivity contribution >= 4 is 21.6 Å². The lowest BCUT2D eigenvalue weighted by Crippen LogP contribution is -2.10. The van der Waals surface area contributed by atoms with Crippen LogP contribution in [0.2, 0.25) is 0 Å². The molecule has 16 heavy (non-hydrogen) atoms. The predicted octanol–water partition coefficient (Wildman–Crippen LogP) is 3.58. The van der Waals surface area contributed by atoms with E-state index < -0.39 is 4.92 Å². The summed E-state index contributed by atoms with van der Waals surface area (Å²) in [4.78, 5) is 14.8. The van der Waals surface area contributed by atoms with Crippen molar-refractivity contribution < 1.29 is 4.92 Å². The Hall–Kier alpha value is -0.970. The number of nitro groups is 1. The van der Waals surface area contributed by atoms with Crippen molar-refractivity contribution in [3.05, 3.63) is 33.6 Å². The van der Waals surface area contributed by atoms with Crippen molar-refractivity contribution in [1.82, 2.24) is 4.98 Å². The Bertz CT molecular complexity index is 396. The molecule has 5 heteroatoms. The number of hydrogen-bond donors (Lipinski definition) is 0. The van der Waals surface area contributed by atoms with E-state index in [1.807, 2.05) is 0 Å². The summed E-state index contributed by atoms with van der Waals surface area (Å²) >= 11 is 3.58. The lowest BCUT2D eigenvalue weighted by Gasteiger charge is -2.16. The Balaban J connectivity index is 3.01. The van der Waals surface area contributed by atoms with Gasteiger partial charge >= 0.3 is 0 Å². The molecule has 0 aliphatic rings. The molecular weight excluding hydrogens is 272 g/mol. The van der Waals surface area contributed by atoms with Gasteiger partial charge in [0.25, 0.3) is 5.69 Å². The summed E-state index contributed by atoms with van der Waals surface area (Å²) in [5.41, 5.74) is 1.64. The first-order chi connectivity index (χ1) is 7.47. The minimum atomic E-state index is -0.401. The van der Waals surface area contributed by atoms with Gasteiger partial charge in [0.1, 0.15) is 6.20 Å². The van der Waals surface area contributed by atoms with Gasteiger partial charge in [0.2, 0.25) is 0 Å². The summed E-state index contributed by atoms with van der Waals surface area (Å²) < 4.78 is 0. The standard InChI is InChI=1S/C11H15BrN2O2/c1-4-9(12)8(3)10-5-7(2)11(6-13-10)14(15)16/h5-6,8-9H,4H2,1-3H3. The van der Waals surface area contributed by atoms with Gasteiger partial charge in [0, 0.05) is 22.0 Å². The molecule has 88 valence electrons. The van der Waals surface area contributed by atoms with Crippen molar-refractivity contribution in [3.63, 3.8) is 0 Å². The molecule has 1 aromatic heterocycles. The van der Waals surface area contributed by atoms with E-state index in [1.165, 1.54) is 6.20 Å². The summed E-state index contributed by atoms with van der Waals surface area (Å²) in [5.74, 6) is 0.254. The molecule has 0 amide bonds. The highest BCUT2D eigenvalue weighted by Gasteiger charge is 2.18. The van der Waals surface area contributed by atoms with Crippen molar-refractivity contribution in [2.45, 2.75) is 37.9 Å². The van der Waals surface area contributed by atoms with Crippen molar-refractivity contribution in [2.24, 2.45) is 0 Å². The average Bonchev–Trinajstić information content (AvgIpc) is 2.26. The lowest BCUT2D eigenvalue weighted by atomic mass is 10.00. The maximum absolute atomic E-state index is 10.6. The van der Waals surface area contributed by atoms with Crippen LogP contribution in [-0.4, -0.2) is 14.7 Å². The molecule has 1 rings (SSSR count). The average molecular weight is 287 g/mol. The molecule has 0 aliphatic carbocycles. The van der Waals surface area contributed by atoms with Gasteiger partial charge in [-0.15, -0.1) is 0 Å². The number of nitrogens with zero attached hydrogens (tertiary/aromatic N) is 2. The third-order valence-electron chi connectivity index (χ3n) is 2.70. The van der Waals surface area contributed by atoms with Gasteiger partial charge in [-0.3, -0.25) is 15.1 Å². The van der Waals surface area contributed by atoms with E-state index in [0.717, 1.165) is 12.1 Å². The van der Waals surface area contributed by atoms with Crippen LogP contribution in [0.1, 0.15) is 37.4 Å². The highest BCUT2D eigenvalue weighted by molar-refractivity contribution is 9.09. The van der Waals surface area contributed by atoms with Gasteiger partial charge in [0.15, 0.2) is 0 Å². The zero-order chi connectivity index (χ0) is 12.3. The minimum Gasteiger partial charge on any atom is -0.258 e. The van der Waals surface area contributed by atoms with Crippen LogP contribution in [0.15, 0.2) is 12.3 Å². The quantitative estimate of drug-likeness (QED) is 0.483. The van der Waals surface area contributed by atoms with Crippen molar-refractivity contribution in [2.75, 3.05) is 0 Å². The van der Waals surface area contributed by atoms with E-state index in [0.29, 0.717) is 10.4 Å². The number of alkyl halides is 1. The number of hydrogen-bond acceptors (Lipinski definition) is 3. The molecule has 0 bridgehead atoms. The van der Waals surface area contributed by atoms with Crippen LogP contribution in [0.4, 0.5) is 5.69 Å². The Morgan fingerprint density at radius 2 is 2.25 bits per heavy atom. The molecule has 1 heterocycles. The van der Waals surface area contributed by atoms with Crippen LogP contribution in [0.25, 0.3) is 0 Å². The van der Waals surface area contributed by atoms with E-state index in [4.69, 9.17) is 0 Å².